The standard InChI is InChI=1S/C5H6F3NO3/c6-5(7,8)3-2(1-10)9-4(11)12-3/h2-3,10H,1H2,(H,9,11). The van der Waals surface area contributed by atoms with Crippen LogP contribution in [-0.4, -0.2) is 36.1 Å². The Labute approximate surface area is 65.3 Å². The summed E-state index contributed by atoms with van der Waals surface area (Å²) < 4.78 is 39.7. The lowest BCUT2D eigenvalue weighted by molar-refractivity contribution is -0.201. The van der Waals surface area contributed by atoms with E-state index >= 15 is 0 Å². The lowest BCUT2D eigenvalue weighted by atomic mass is 10.2. The molecule has 1 rings (SSSR count). The van der Waals surface area contributed by atoms with Crippen molar-refractivity contribution in [1.82, 2.24) is 5.32 Å². The van der Waals surface area contributed by atoms with Crippen molar-refractivity contribution in [1.29, 1.82) is 0 Å². The Morgan fingerprint density at radius 2 is 2.17 bits per heavy atom. The zero-order chi connectivity index (χ0) is 9.35. The highest BCUT2D eigenvalue weighted by atomic mass is 19.4. The fourth-order valence-corrected chi connectivity index (χ4v) is 0.895. The first kappa shape index (κ1) is 9.11. The predicted octanol–water partition coefficient (Wildman–Crippen LogP) is 0.0180. The van der Waals surface area contributed by atoms with Gasteiger partial charge in [-0.15, -0.1) is 0 Å². The molecular weight excluding hydrogens is 179 g/mol. The van der Waals surface area contributed by atoms with Gasteiger partial charge in [-0.05, 0) is 0 Å². The lowest BCUT2D eigenvalue weighted by Crippen LogP contribution is -2.43. The Balaban J connectivity index is 2.70. The molecule has 2 N–H and O–H groups in total. The molecular formula is C5H6F3NO3. The minimum absolute atomic E-state index is 0.796. The molecule has 1 saturated heterocycles. The summed E-state index contributed by atoms with van der Waals surface area (Å²) in [5, 5.41) is 10.3. The SMILES string of the molecule is O=C1NC(CO)C(C(F)(F)F)O1. The summed E-state index contributed by atoms with van der Waals surface area (Å²) in [6, 6.07) is -1.39. The van der Waals surface area contributed by atoms with Crippen LogP contribution in [0.1, 0.15) is 0 Å². The summed E-state index contributed by atoms with van der Waals surface area (Å²) in [5.41, 5.74) is 0. The van der Waals surface area contributed by atoms with Crippen LogP contribution in [-0.2, 0) is 4.74 Å². The lowest BCUT2D eigenvalue weighted by Gasteiger charge is -2.17. The summed E-state index contributed by atoms with van der Waals surface area (Å²) in [5.74, 6) is 0. The van der Waals surface area contributed by atoms with Crippen molar-refractivity contribution in [3.8, 4) is 0 Å². The van der Waals surface area contributed by atoms with Crippen LogP contribution >= 0.6 is 0 Å². The van der Waals surface area contributed by atoms with Gasteiger partial charge in [-0.1, -0.05) is 0 Å². The van der Waals surface area contributed by atoms with Crippen LogP contribution in [0, 0.1) is 0 Å². The first-order chi connectivity index (χ1) is 5.45. The number of aliphatic hydroxyl groups excluding tert-OH is 1. The Morgan fingerprint density at radius 1 is 1.58 bits per heavy atom. The van der Waals surface area contributed by atoms with E-state index in [4.69, 9.17) is 5.11 Å². The van der Waals surface area contributed by atoms with Gasteiger partial charge in [0.15, 0.2) is 0 Å². The van der Waals surface area contributed by atoms with Gasteiger partial charge in [0.2, 0.25) is 6.10 Å². The largest absolute Gasteiger partial charge is 0.434 e. The van der Waals surface area contributed by atoms with Gasteiger partial charge in [0.05, 0.1) is 6.61 Å². The number of rotatable bonds is 1. The average molecular weight is 185 g/mol. The third-order valence-corrected chi connectivity index (χ3v) is 1.42. The number of ether oxygens (including phenoxy) is 1. The number of aliphatic hydroxyl groups is 1. The minimum atomic E-state index is -4.63. The van der Waals surface area contributed by atoms with Crippen molar-refractivity contribution in [2.45, 2.75) is 18.3 Å². The smallest absolute Gasteiger partial charge is 0.427 e. The number of amides is 1. The molecule has 2 unspecified atom stereocenters. The first-order valence-electron chi connectivity index (χ1n) is 3.10. The molecule has 0 aromatic rings. The maximum atomic E-state index is 11.9. The normalized spacial score (nSPS) is 29.8. The van der Waals surface area contributed by atoms with Crippen LogP contribution in [0.2, 0.25) is 0 Å². The fourth-order valence-electron chi connectivity index (χ4n) is 0.895. The number of nitrogens with one attached hydrogen (secondary N) is 1. The van der Waals surface area contributed by atoms with Crippen molar-refractivity contribution in [3.05, 3.63) is 0 Å². The van der Waals surface area contributed by atoms with E-state index in [0.29, 0.717) is 0 Å². The second-order valence-corrected chi connectivity index (χ2v) is 2.30. The van der Waals surface area contributed by atoms with Crippen molar-refractivity contribution in [2.75, 3.05) is 6.61 Å². The van der Waals surface area contributed by atoms with Crippen LogP contribution < -0.4 is 5.32 Å². The van der Waals surface area contributed by atoms with Gasteiger partial charge in [0.1, 0.15) is 6.04 Å². The minimum Gasteiger partial charge on any atom is -0.434 e. The first-order valence-corrected chi connectivity index (χ1v) is 3.10. The number of alkyl carbamates (subject to hydrolysis) is 1. The van der Waals surface area contributed by atoms with Crippen LogP contribution in [0.25, 0.3) is 0 Å². The molecule has 1 amide bonds. The molecule has 1 aliphatic rings. The van der Waals surface area contributed by atoms with Crippen LogP contribution in [0.3, 0.4) is 0 Å². The summed E-state index contributed by atoms with van der Waals surface area (Å²) in [7, 11) is 0. The molecule has 70 valence electrons. The van der Waals surface area contributed by atoms with Crippen molar-refractivity contribution in [2.24, 2.45) is 0 Å². The van der Waals surface area contributed by atoms with Gasteiger partial charge in [0.25, 0.3) is 0 Å². The number of carbonyl (C=O) groups is 1. The Hall–Kier alpha value is -0.980. The summed E-state index contributed by atoms with van der Waals surface area (Å²) in [6.07, 6.45) is -8.03. The van der Waals surface area contributed by atoms with E-state index in [2.05, 4.69) is 4.74 Å². The van der Waals surface area contributed by atoms with E-state index in [1.54, 1.807) is 0 Å². The van der Waals surface area contributed by atoms with Crippen molar-refractivity contribution >= 4 is 6.09 Å². The summed E-state index contributed by atoms with van der Waals surface area (Å²) in [6.45, 7) is -0.796. The van der Waals surface area contributed by atoms with E-state index < -0.39 is 31.0 Å². The number of halogens is 3. The molecule has 1 fully saturated rings. The van der Waals surface area contributed by atoms with Gasteiger partial charge in [-0.25, -0.2) is 4.79 Å². The van der Waals surface area contributed by atoms with Crippen LogP contribution in [0.15, 0.2) is 0 Å². The molecule has 0 saturated carbocycles. The van der Waals surface area contributed by atoms with Crippen molar-refractivity contribution < 1.29 is 27.8 Å². The molecule has 4 nitrogen and oxygen atoms in total. The van der Waals surface area contributed by atoms with E-state index in [9.17, 15) is 18.0 Å². The molecule has 1 aliphatic heterocycles. The highest BCUT2D eigenvalue weighted by Gasteiger charge is 2.52. The van der Waals surface area contributed by atoms with Gasteiger partial charge in [0, 0.05) is 0 Å². The third-order valence-electron chi connectivity index (χ3n) is 1.42. The second-order valence-electron chi connectivity index (χ2n) is 2.30. The van der Waals surface area contributed by atoms with E-state index in [1.165, 1.54) is 0 Å². The Kier molecular flexibility index (Phi) is 2.14. The van der Waals surface area contributed by atoms with E-state index in [-0.39, 0.29) is 0 Å². The zero-order valence-electron chi connectivity index (χ0n) is 5.76. The molecule has 2 atom stereocenters. The number of alkyl halides is 3. The molecule has 1 heterocycles. The van der Waals surface area contributed by atoms with Crippen molar-refractivity contribution in [3.63, 3.8) is 0 Å². The summed E-state index contributed by atoms with van der Waals surface area (Å²) >= 11 is 0. The summed E-state index contributed by atoms with van der Waals surface area (Å²) in [4.78, 5) is 10.3. The van der Waals surface area contributed by atoms with Gasteiger partial charge in [-0.2, -0.15) is 13.2 Å². The van der Waals surface area contributed by atoms with Crippen LogP contribution in [0.5, 0.6) is 0 Å². The molecule has 12 heavy (non-hydrogen) atoms. The molecule has 0 radical (unpaired) electrons. The highest BCUT2D eigenvalue weighted by molar-refractivity contribution is 5.70. The van der Waals surface area contributed by atoms with E-state index in [1.807, 2.05) is 5.32 Å². The molecule has 0 spiro atoms. The Bertz CT molecular complexity index is 193. The zero-order valence-corrected chi connectivity index (χ0v) is 5.76. The second kappa shape index (κ2) is 2.81. The maximum absolute atomic E-state index is 11.9. The van der Waals surface area contributed by atoms with Gasteiger partial charge < -0.3 is 15.2 Å². The molecule has 0 aromatic heterocycles. The number of hydrogen-bond donors (Lipinski definition) is 2. The quantitative estimate of drug-likeness (QED) is 0.605. The van der Waals surface area contributed by atoms with Gasteiger partial charge in [-0.3, -0.25) is 0 Å². The fraction of sp³-hybridized carbons (Fsp3) is 0.800. The third kappa shape index (κ3) is 1.60. The Morgan fingerprint density at radius 3 is 2.50 bits per heavy atom. The van der Waals surface area contributed by atoms with E-state index in [0.717, 1.165) is 0 Å². The molecule has 0 aliphatic carbocycles. The number of carbonyl (C=O) groups excluding carboxylic acids is 1. The predicted molar refractivity (Wildman–Crippen MR) is 30.3 cm³/mol. The average Bonchev–Trinajstić information content (AvgIpc) is 2.29. The molecule has 0 aromatic carbocycles. The maximum Gasteiger partial charge on any atom is 0.427 e. The monoisotopic (exact) mass is 185 g/mol. The molecule has 7 heteroatoms. The van der Waals surface area contributed by atoms with Crippen LogP contribution in [0.4, 0.5) is 18.0 Å². The van der Waals surface area contributed by atoms with Gasteiger partial charge >= 0.3 is 12.3 Å². The number of cyclic esters (lactones) is 1. The highest BCUT2D eigenvalue weighted by Crippen LogP contribution is 2.28. The topological polar surface area (TPSA) is 58.6 Å². The molecule has 0 bridgehead atoms. The number of hydrogen-bond acceptors (Lipinski definition) is 3.